The van der Waals surface area contributed by atoms with Crippen molar-refractivity contribution in [1.29, 1.82) is 0 Å². The second kappa shape index (κ2) is 5.97. The smallest absolute Gasteiger partial charge is 0.417 e. The van der Waals surface area contributed by atoms with Crippen molar-refractivity contribution in [3.8, 4) is 0 Å². The van der Waals surface area contributed by atoms with Crippen molar-refractivity contribution in [2.24, 2.45) is 0 Å². The molecule has 0 spiro atoms. The molecule has 3 rings (SSSR count). The van der Waals surface area contributed by atoms with Gasteiger partial charge >= 0.3 is 6.09 Å². The van der Waals surface area contributed by atoms with E-state index in [1.807, 2.05) is 6.07 Å². The molecule has 1 aliphatic rings. The number of hydrogen-bond donors (Lipinski definition) is 0. The van der Waals surface area contributed by atoms with Crippen molar-refractivity contribution in [3.05, 3.63) is 71.8 Å². The fourth-order valence-electron chi connectivity index (χ4n) is 2.47. The molecule has 0 bridgehead atoms. The number of benzene rings is 2. The lowest BCUT2D eigenvalue weighted by Gasteiger charge is -2.21. The Bertz CT molecular complexity index is 675. The first kappa shape index (κ1) is 14.3. The molecule has 2 aromatic carbocycles. The van der Waals surface area contributed by atoms with E-state index < -0.39 is 24.2 Å². The van der Waals surface area contributed by atoms with E-state index in [0.717, 1.165) is 10.5 Å². The summed E-state index contributed by atoms with van der Waals surface area (Å²) in [6.45, 7) is 0.0378. The molecule has 0 saturated carbocycles. The molecule has 2 atom stereocenters. The Morgan fingerprint density at radius 2 is 1.68 bits per heavy atom. The minimum Gasteiger partial charge on any atom is -0.446 e. The number of hydrogen-bond acceptors (Lipinski definition) is 3. The molecular formula is C17H14FNO3. The van der Waals surface area contributed by atoms with Gasteiger partial charge in [0.15, 0.2) is 0 Å². The van der Waals surface area contributed by atoms with E-state index >= 15 is 0 Å². The number of halogens is 1. The molecule has 1 aliphatic heterocycles. The maximum absolute atomic E-state index is 14.4. The van der Waals surface area contributed by atoms with Crippen molar-refractivity contribution < 1.29 is 18.7 Å². The summed E-state index contributed by atoms with van der Waals surface area (Å²) in [5.74, 6) is -0.900. The lowest BCUT2D eigenvalue weighted by Crippen LogP contribution is -2.36. The SMILES string of the molecule is O=C1OC[C@@H](c2ccccc2)N1C(=O)[C@H](F)c1ccccc1. The van der Waals surface area contributed by atoms with Crippen molar-refractivity contribution in [3.63, 3.8) is 0 Å². The number of imide groups is 1. The average molecular weight is 299 g/mol. The standard InChI is InChI=1S/C17H14FNO3/c18-15(13-9-5-2-6-10-13)16(20)19-14(11-22-17(19)21)12-7-3-1-4-8-12/h1-10,14-15H,11H2/t14-,15+/m0/s1. The third-order valence-corrected chi connectivity index (χ3v) is 3.60. The van der Waals surface area contributed by atoms with Crippen LogP contribution in [0.1, 0.15) is 23.3 Å². The van der Waals surface area contributed by atoms with Crippen molar-refractivity contribution in [2.75, 3.05) is 6.61 Å². The van der Waals surface area contributed by atoms with Crippen LogP contribution in [0.3, 0.4) is 0 Å². The number of cyclic esters (lactones) is 1. The molecule has 0 aromatic heterocycles. The third kappa shape index (κ3) is 2.57. The highest BCUT2D eigenvalue weighted by atomic mass is 19.1. The summed E-state index contributed by atoms with van der Waals surface area (Å²) in [5.41, 5.74) is 0.959. The van der Waals surface area contributed by atoms with Gasteiger partial charge in [0.05, 0.1) is 0 Å². The van der Waals surface area contributed by atoms with E-state index in [2.05, 4.69) is 0 Å². The van der Waals surface area contributed by atoms with Gasteiger partial charge in [-0.25, -0.2) is 14.1 Å². The minimum absolute atomic E-state index is 0.0378. The van der Waals surface area contributed by atoms with E-state index in [1.165, 1.54) is 12.1 Å². The zero-order valence-corrected chi connectivity index (χ0v) is 11.7. The topological polar surface area (TPSA) is 46.6 Å². The molecule has 0 aliphatic carbocycles. The van der Waals surface area contributed by atoms with Crippen LogP contribution in [0.25, 0.3) is 0 Å². The third-order valence-electron chi connectivity index (χ3n) is 3.60. The molecule has 2 aromatic rings. The molecule has 0 N–H and O–H groups in total. The van der Waals surface area contributed by atoms with Crippen LogP contribution in [0.15, 0.2) is 60.7 Å². The first-order valence-electron chi connectivity index (χ1n) is 6.92. The monoisotopic (exact) mass is 299 g/mol. The van der Waals surface area contributed by atoms with Crippen molar-refractivity contribution in [1.82, 2.24) is 4.90 Å². The predicted molar refractivity (Wildman–Crippen MR) is 77.7 cm³/mol. The molecule has 1 fully saturated rings. The summed E-state index contributed by atoms with van der Waals surface area (Å²) < 4.78 is 19.4. The number of carbonyl (C=O) groups excluding carboxylic acids is 2. The summed E-state index contributed by atoms with van der Waals surface area (Å²) in [6, 6.07) is 16.4. The molecule has 22 heavy (non-hydrogen) atoms. The molecule has 1 heterocycles. The summed E-state index contributed by atoms with van der Waals surface area (Å²) >= 11 is 0. The minimum atomic E-state index is -1.89. The summed E-state index contributed by atoms with van der Waals surface area (Å²) in [4.78, 5) is 25.1. The van der Waals surface area contributed by atoms with Crippen LogP contribution >= 0.6 is 0 Å². The maximum Gasteiger partial charge on any atom is 0.417 e. The van der Waals surface area contributed by atoms with E-state index in [1.54, 1.807) is 42.5 Å². The van der Waals surface area contributed by atoms with Gasteiger partial charge in [0, 0.05) is 0 Å². The molecular weight excluding hydrogens is 285 g/mol. The van der Waals surface area contributed by atoms with Gasteiger partial charge in [-0.2, -0.15) is 0 Å². The van der Waals surface area contributed by atoms with Crippen LogP contribution < -0.4 is 0 Å². The second-order valence-electron chi connectivity index (χ2n) is 4.98. The highest BCUT2D eigenvalue weighted by Crippen LogP contribution is 2.31. The van der Waals surface area contributed by atoms with Crippen LogP contribution in [-0.4, -0.2) is 23.5 Å². The molecule has 112 valence electrons. The fourth-order valence-corrected chi connectivity index (χ4v) is 2.47. The maximum atomic E-state index is 14.4. The number of carbonyl (C=O) groups is 2. The number of ether oxygens (including phenoxy) is 1. The van der Waals surface area contributed by atoms with Gasteiger partial charge in [-0.15, -0.1) is 0 Å². The van der Waals surface area contributed by atoms with Gasteiger partial charge in [0.2, 0.25) is 6.17 Å². The highest BCUT2D eigenvalue weighted by molar-refractivity contribution is 5.96. The van der Waals surface area contributed by atoms with Crippen molar-refractivity contribution >= 4 is 12.0 Å². The van der Waals surface area contributed by atoms with Gasteiger partial charge in [-0.1, -0.05) is 60.7 Å². The first-order chi connectivity index (χ1) is 10.7. The van der Waals surface area contributed by atoms with E-state index in [-0.39, 0.29) is 12.2 Å². The quantitative estimate of drug-likeness (QED) is 0.872. The lowest BCUT2D eigenvalue weighted by molar-refractivity contribution is -0.134. The highest BCUT2D eigenvalue weighted by Gasteiger charge is 2.42. The van der Waals surface area contributed by atoms with Crippen LogP contribution in [-0.2, 0) is 9.53 Å². The van der Waals surface area contributed by atoms with Gasteiger partial charge < -0.3 is 4.74 Å². The van der Waals surface area contributed by atoms with E-state index in [0.29, 0.717) is 0 Å². The lowest BCUT2D eigenvalue weighted by atomic mass is 10.0. The Morgan fingerprint density at radius 3 is 2.32 bits per heavy atom. The van der Waals surface area contributed by atoms with Crippen molar-refractivity contribution in [2.45, 2.75) is 12.2 Å². The van der Waals surface area contributed by atoms with Gasteiger partial charge in [-0.05, 0) is 11.1 Å². The summed E-state index contributed by atoms with van der Waals surface area (Å²) in [7, 11) is 0. The number of alkyl halides is 1. The Hall–Kier alpha value is -2.69. The summed E-state index contributed by atoms with van der Waals surface area (Å²) in [6.07, 6.45) is -2.70. The van der Waals surface area contributed by atoms with Crippen LogP contribution in [0.2, 0.25) is 0 Å². The van der Waals surface area contributed by atoms with E-state index in [9.17, 15) is 14.0 Å². The number of rotatable bonds is 3. The number of nitrogens with zero attached hydrogens (tertiary/aromatic N) is 1. The molecule has 4 nitrogen and oxygen atoms in total. The second-order valence-corrected chi connectivity index (χ2v) is 4.98. The molecule has 5 heteroatoms. The van der Waals surface area contributed by atoms with Gasteiger partial charge in [-0.3, -0.25) is 4.79 Å². The molecule has 0 radical (unpaired) electrons. The fraction of sp³-hybridized carbons (Fsp3) is 0.176. The normalized spacial score (nSPS) is 18.9. The Labute approximate surface area is 127 Å². The average Bonchev–Trinajstić information content (AvgIpc) is 2.96. The zero-order chi connectivity index (χ0) is 15.5. The Balaban J connectivity index is 1.88. The largest absolute Gasteiger partial charge is 0.446 e. The Morgan fingerprint density at radius 1 is 1.09 bits per heavy atom. The van der Waals surface area contributed by atoms with E-state index in [4.69, 9.17) is 4.74 Å². The molecule has 1 saturated heterocycles. The van der Waals surface area contributed by atoms with Crippen LogP contribution in [0.5, 0.6) is 0 Å². The molecule has 0 unspecified atom stereocenters. The van der Waals surface area contributed by atoms with Gasteiger partial charge in [0.1, 0.15) is 12.6 Å². The molecule has 2 amide bonds. The Kier molecular flexibility index (Phi) is 3.87. The van der Waals surface area contributed by atoms with Crippen LogP contribution in [0.4, 0.5) is 9.18 Å². The first-order valence-corrected chi connectivity index (χ1v) is 6.92. The number of amides is 2. The predicted octanol–water partition coefficient (Wildman–Crippen LogP) is 3.42. The van der Waals surface area contributed by atoms with Gasteiger partial charge in [0.25, 0.3) is 5.91 Å². The van der Waals surface area contributed by atoms with Crippen LogP contribution in [0, 0.1) is 0 Å². The zero-order valence-electron chi connectivity index (χ0n) is 11.7. The summed E-state index contributed by atoms with van der Waals surface area (Å²) in [5, 5.41) is 0.